The molecule has 0 saturated heterocycles. The fourth-order valence-corrected chi connectivity index (χ4v) is 3.87. The van der Waals surface area contributed by atoms with Crippen molar-refractivity contribution in [3.05, 3.63) is 56.6 Å². The third-order valence-corrected chi connectivity index (χ3v) is 5.50. The Hall–Kier alpha value is -1.71. The van der Waals surface area contributed by atoms with Crippen LogP contribution in [-0.4, -0.2) is 30.2 Å². The lowest BCUT2D eigenvalue weighted by atomic mass is 10.1. The smallest absolute Gasteiger partial charge is 0.306 e. The van der Waals surface area contributed by atoms with E-state index >= 15 is 0 Å². The van der Waals surface area contributed by atoms with Crippen LogP contribution >= 0.6 is 31.9 Å². The zero-order chi connectivity index (χ0) is 21.8. The van der Waals surface area contributed by atoms with Crippen LogP contribution in [0.4, 0.5) is 0 Å². The molecule has 0 N–H and O–H groups in total. The van der Waals surface area contributed by atoms with Gasteiger partial charge in [-0.1, -0.05) is 45.7 Å². The molecule has 9 heteroatoms. The summed E-state index contributed by atoms with van der Waals surface area (Å²) in [5.74, 6) is -0.102. The van der Waals surface area contributed by atoms with Crippen molar-refractivity contribution >= 4 is 58.7 Å². The fourth-order valence-electron chi connectivity index (χ4n) is 2.72. The first-order valence-corrected chi connectivity index (χ1v) is 12.3. The highest BCUT2D eigenvalue weighted by Gasteiger charge is 2.15. The Bertz CT molecular complexity index is 1140. The van der Waals surface area contributed by atoms with E-state index in [9.17, 15) is 13.2 Å². The minimum absolute atomic E-state index is 0.0590. The number of carbonyl (C=O) groups excluding carboxylic acids is 1. The van der Waals surface area contributed by atoms with Crippen molar-refractivity contribution in [2.45, 2.75) is 26.7 Å². The molecule has 0 saturated carbocycles. The predicted octanol–water partition coefficient (Wildman–Crippen LogP) is 5.28. The molecule has 0 aliphatic rings. The van der Waals surface area contributed by atoms with Crippen LogP contribution < -0.4 is 4.18 Å². The first-order valence-electron chi connectivity index (χ1n) is 8.89. The van der Waals surface area contributed by atoms with Gasteiger partial charge in [0.15, 0.2) is 11.5 Å². The summed E-state index contributed by atoms with van der Waals surface area (Å²) < 4.78 is 30.5. The number of hydrogen-bond donors (Lipinski definition) is 0. The summed E-state index contributed by atoms with van der Waals surface area (Å²) in [6.45, 7) is 3.83. The molecule has 3 aromatic rings. The number of aryl methyl sites for hydroxylation is 2. The quantitative estimate of drug-likeness (QED) is 0.322. The van der Waals surface area contributed by atoms with Gasteiger partial charge in [-0.25, -0.2) is 0 Å². The molecule has 0 aliphatic carbocycles. The summed E-state index contributed by atoms with van der Waals surface area (Å²) >= 11 is 6.65. The van der Waals surface area contributed by atoms with Crippen molar-refractivity contribution in [1.82, 2.24) is 9.78 Å². The lowest BCUT2D eigenvalue weighted by molar-refractivity contribution is 0.0986. The number of rotatable bonds is 5. The van der Waals surface area contributed by atoms with Gasteiger partial charge in [-0.15, -0.1) is 0 Å². The van der Waals surface area contributed by atoms with Crippen molar-refractivity contribution in [3.8, 4) is 5.75 Å². The Morgan fingerprint density at radius 1 is 1.10 bits per heavy atom. The Morgan fingerprint density at radius 3 is 2.31 bits per heavy atom. The fraction of sp³-hybridized carbons (Fsp3) is 0.300. The standard InChI is InChI=1S/C10H11BrN2.C10H11BrO4S/c1-3-9-8-5-4-7(11)6-10(8)13(2)12-9;1-3-9(12)8-5-4-7(11)6-10(8)15-16(2,13)14/h4-6H,3H2,1-2H3;4-6H,3H2,1-2H3. The zero-order valence-electron chi connectivity index (χ0n) is 16.6. The number of carbonyl (C=O) groups is 1. The van der Waals surface area contributed by atoms with Crippen LogP contribution in [-0.2, 0) is 23.6 Å². The van der Waals surface area contributed by atoms with E-state index in [0.29, 0.717) is 10.9 Å². The lowest BCUT2D eigenvalue weighted by Crippen LogP contribution is -2.09. The molecule has 3 rings (SSSR count). The van der Waals surface area contributed by atoms with E-state index in [2.05, 4.69) is 62.1 Å². The molecular weight excluding hydrogens is 524 g/mol. The second kappa shape index (κ2) is 9.86. The maximum absolute atomic E-state index is 11.5. The van der Waals surface area contributed by atoms with Gasteiger partial charge in [0, 0.05) is 27.8 Å². The van der Waals surface area contributed by atoms with Crippen LogP contribution in [0.25, 0.3) is 10.9 Å². The highest BCUT2D eigenvalue weighted by Crippen LogP contribution is 2.26. The van der Waals surface area contributed by atoms with E-state index in [4.69, 9.17) is 4.18 Å². The van der Waals surface area contributed by atoms with Crippen molar-refractivity contribution in [1.29, 1.82) is 0 Å². The second-order valence-electron chi connectivity index (χ2n) is 6.29. The Balaban J connectivity index is 0.000000211. The van der Waals surface area contributed by atoms with Crippen LogP contribution in [0.1, 0.15) is 36.3 Å². The largest absolute Gasteiger partial charge is 0.382 e. The van der Waals surface area contributed by atoms with E-state index in [1.165, 1.54) is 28.7 Å². The number of aromatic nitrogens is 2. The monoisotopic (exact) mass is 544 g/mol. The molecule has 0 unspecified atom stereocenters. The van der Waals surface area contributed by atoms with Gasteiger partial charge in [0.1, 0.15) is 0 Å². The number of Topliss-reactive ketones (excluding diaryl/α,β-unsaturated/α-hetero) is 1. The maximum atomic E-state index is 11.5. The molecule has 1 heterocycles. The van der Waals surface area contributed by atoms with Crippen LogP contribution in [0.15, 0.2) is 45.3 Å². The molecule has 0 bridgehead atoms. The number of nitrogens with zero attached hydrogens (tertiary/aromatic N) is 2. The molecule has 0 amide bonds. The van der Waals surface area contributed by atoms with E-state index in [1.54, 1.807) is 13.0 Å². The Kier molecular flexibility index (Phi) is 8.02. The van der Waals surface area contributed by atoms with Gasteiger partial charge in [-0.2, -0.15) is 13.5 Å². The van der Waals surface area contributed by atoms with Gasteiger partial charge < -0.3 is 4.18 Å². The average Bonchev–Trinajstić information content (AvgIpc) is 2.96. The summed E-state index contributed by atoms with van der Waals surface area (Å²) in [5, 5.41) is 5.70. The molecule has 0 spiro atoms. The van der Waals surface area contributed by atoms with E-state index in [-0.39, 0.29) is 17.1 Å². The molecule has 0 radical (unpaired) electrons. The van der Waals surface area contributed by atoms with Gasteiger partial charge in [0.2, 0.25) is 0 Å². The van der Waals surface area contributed by atoms with E-state index < -0.39 is 10.1 Å². The van der Waals surface area contributed by atoms with Gasteiger partial charge in [0.05, 0.1) is 23.0 Å². The summed E-state index contributed by atoms with van der Waals surface area (Å²) in [4.78, 5) is 11.5. The van der Waals surface area contributed by atoms with Crippen LogP contribution in [0.3, 0.4) is 0 Å². The molecule has 6 nitrogen and oxygen atoms in total. The number of halogens is 2. The van der Waals surface area contributed by atoms with Crippen molar-refractivity contribution in [2.75, 3.05) is 6.26 Å². The molecule has 0 aliphatic heterocycles. The Morgan fingerprint density at radius 2 is 1.72 bits per heavy atom. The summed E-state index contributed by atoms with van der Waals surface area (Å²) in [5.41, 5.74) is 2.63. The van der Waals surface area contributed by atoms with Gasteiger partial charge in [0.25, 0.3) is 0 Å². The van der Waals surface area contributed by atoms with Gasteiger partial charge in [-0.05, 0) is 42.8 Å². The molecule has 0 fully saturated rings. The predicted molar refractivity (Wildman–Crippen MR) is 122 cm³/mol. The SMILES string of the molecule is CCC(=O)c1ccc(Br)cc1OS(C)(=O)=O.CCc1nn(C)c2cc(Br)ccc12. The highest BCUT2D eigenvalue weighted by atomic mass is 79.9. The van der Waals surface area contributed by atoms with Crippen molar-refractivity contribution in [2.24, 2.45) is 7.05 Å². The minimum atomic E-state index is -3.63. The number of benzene rings is 2. The van der Waals surface area contributed by atoms with Crippen LogP contribution in [0.2, 0.25) is 0 Å². The van der Waals surface area contributed by atoms with E-state index in [1.807, 2.05) is 11.7 Å². The van der Waals surface area contributed by atoms with Crippen molar-refractivity contribution < 1.29 is 17.4 Å². The van der Waals surface area contributed by atoms with Gasteiger partial charge in [-0.3, -0.25) is 9.48 Å². The van der Waals surface area contributed by atoms with Gasteiger partial charge >= 0.3 is 10.1 Å². The molecule has 29 heavy (non-hydrogen) atoms. The summed E-state index contributed by atoms with van der Waals surface area (Å²) in [6.07, 6.45) is 2.22. The summed E-state index contributed by atoms with van der Waals surface area (Å²) in [6, 6.07) is 10.9. The number of ketones is 1. The second-order valence-corrected chi connectivity index (χ2v) is 9.70. The maximum Gasteiger partial charge on any atom is 0.306 e. The third-order valence-electron chi connectivity index (χ3n) is 4.03. The molecular formula is C20H22Br2N2O4S. The first-order chi connectivity index (χ1) is 13.6. The lowest BCUT2D eigenvalue weighted by Gasteiger charge is -2.08. The normalized spacial score (nSPS) is 11.1. The topological polar surface area (TPSA) is 78.3 Å². The zero-order valence-corrected chi connectivity index (χ0v) is 20.6. The number of fused-ring (bicyclic) bond motifs is 1. The van der Waals surface area contributed by atoms with Crippen molar-refractivity contribution in [3.63, 3.8) is 0 Å². The first kappa shape index (κ1) is 23.6. The summed E-state index contributed by atoms with van der Waals surface area (Å²) in [7, 11) is -1.65. The third kappa shape index (κ3) is 6.38. The minimum Gasteiger partial charge on any atom is -0.382 e. The van der Waals surface area contributed by atoms with Crippen LogP contribution in [0, 0.1) is 0 Å². The molecule has 2 aromatic carbocycles. The van der Waals surface area contributed by atoms with E-state index in [0.717, 1.165) is 17.1 Å². The molecule has 1 aromatic heterocycles. The number of hydrogen-bond acceptors (Lipinski definition) is 5. The average molecular weight is 546 g/mol. The Labute approximate surface area is 187 Å². The highest BCUT2D eigenvalue weighted by molar-refractivity contribution is 9.10. The van der Waals surface area contributed by atoms with Crippen LogP contribution in [0.5, 0.6) is 5.75 Å². The molecule has 0 atom stereocenters. The molecule has 156 valence electrons.